The Morgan fingerprint density at radius 2 is 1.48 bits per heavy atom. The number of carbonyl (C=O) groups excluding carboxylic acids is 3. The number of benzene rings is 2. The van der Waals surface area contributed by atoms with Crippen molar-refractivity contribution in [2.45, 2.75) is 13.8 Å². The van der Waals surface area contributed by atoms with E-state index in [-0.39, 0.29) is 0 Å². The van der Waals surface area contributed by atoms with Crippen molar-refractivity contribution in [3.63, 3.8) is 0 Å². The van der Waals surface area contributed by atoms with Crippen molar-refractivity contribution >= 4 is 18.3 Å². The molecule has 0 saturated carbocycles. The highest BCUT2D eigenvalue weighted by Gasteiger charge is 2.22. The lowest BCUT2D eigenvalue weighted by atomic mass is 9.78. The van der Waals surface area contributed by atoms with Gasteiger partial charge in [0.25, 0.3) is 0 Å². The average molecular weight is 341 g/mol. The second-order valence-corrected chi connectivity index (χ2v) is 4.50. The third kappa shape index (κ3) is 6.62. The van der Waals surface area contributed by atoms with E-state index in [2.05, 4.69) is 59.9 Å². The van der Waals surface area contributed by atoms with Gasteiger partial charge in [0.1, 0.15) is 0 Å². The lowest BCUT2D eigenvalue weighted by Crippen LogP contribution is -2.11. The third-order valence-electron chi connectivity index (χ3n) is 3.05. The Morgan fingerprint density at radius 1 is 1.00 bits per heavy atom. The van der Waals surface area contributed by atoms with Crippen LogP contribution in [-0.4, -0.2) is 24.9 Å². The minimum Gasteiger partial charge on any atom is -0.450 e. The molecule has 130 valence electrons. The van der Waals surface area contributed by atoms with Crippen LogP contribution in [0.3, 0.4) is 0 Å². The lowest BCUT2D eigenvalue weighted by Gasteiger charge is -2.25. The van der Waals surface area contributed by atoms with Crippen LogP contribution in [0.4, 0.5) is 4.79 Å². The third-order valence-corrected chi connectivity index (χ3v) is 3.05. The van der Waals surface area contributed by atoms with Crippen molar-refractivity contribution in [3.05, 3.63) is 48.0 Å². The normalized spacial score (nSPS) is 8.40. The van der Waals surface area contributed by atoms with E-state index in [0.29, 0.717) is 6.61 Å². The summed E-state index contributed by atoms with van der Waals surface area (Å²) in [5.41, 5.74) is 11.6. The maximum atomic E-state index is 9.60. The van der Waals surface area contributed by atoms with Gasteiger partial charge in [0.15, 0.2) is 0 Å². The average Bonchev–Trinajstić information content (AvgIpc) is 2.54. The van der Waals surface area contributed by atoms with Crippen molar-refractivity contribution < 1.29 is 19.1 Å². The van der Waals surface area contributed by atoms with E-state index in [0.717, 1.165) is 12.2 Å². The molecule has 1 amide bonds. The smallest absolute Gasteiger partial charge is 0.404 e. The van der Waals surface area contributed by atoms with E-state index >= 15 is 0 Å². The SMILES string of the molecule is CCOC(N)=O.Cc1cccc2c1-c1ccccc1-2.N=C=O.N=C=O. The first kappa shape index (κ1) is 21.5. The van der Waals surface area contributed by atoms with Gasteiger partial charge in [-0.1, -0.05) is 42.5 Å². The topological polar surface area (TPSA) is 134 Å². The number of fused-ring (bicyclic) bond motifs is 4. The molecular weight excluding hydrogens is 322 g/mol. The quantitative estimate of drug-likeness (QED) is 0.461. The van der Waals surface area contributed by atoms with Crippen LogP contribution in [0.5, 0.6) is 0 Å². The van der Waals surface area contributed by atoms with E-state index in [1.807, 2.05) is 0 Å². The number of nitrogens with two attached hydrogens (primary N) is 1. The lowest BCUT2D eigenvalue weighted by molar-refractivity contribution is 0.163. The van der Waals surface area contributed by atoms with Crippen LogP contribution in [0.15, 0.2) is 42.5 Å². The Bertz CT molecular complexity index is 764. The van der Waals surface area contributed by atoms with E-state index in [9.17, 15) is 4.79 Å². The standard InChI is InChI=1S/C13H10.C3H7NO2.2CHNO/c1-9-5-4-8-12-10-6-2-3-7-11(10)13(9)12;1-2-6-3(4)5;2*2-1-3/h2-8H,1H3;2H2,1H3,(H2,4,5);2*2H. The van der Waals surface area contributed by atoms with Gasteiger partial charge >= 0.3 is 6.09 Å². The molecule has 0 heterocycles. The number of hydrogen-bond donors (Lipinski definition) is 3. The van der Waals surface area contributed by atoms with Gasteiger partial charge in [-0.3, -0.25) is 0 Å². The summed E-state index contributed by atoms with van der Waals surface area (Å²) < 4.78 is 4.18. The van der Waals surface area contributed by atoms with E-state index in [1.165, 1.54) is 27.8 Å². The van der Waals surface area contributed by atoms with Crippen LogP contribution in [0.1, 0.15) is 12.5 Å². The highest BCUT2D eigenvalue weighted by molar-refractivity contribution is 6.03. The summed E-state index contributed by atoms with van der Waals surface area (Å²) >= 11 is 0. The highest BCUT2D eigenvalue weighted by atomic mass is 16.5. The molecule has 0 unspecified atom stereocenters. The summed E-state index contributed by atoms with van der Waals surface area (Å²) in [6.07, 6.45) is 0.789. The molecule has 7 heteroatoms. The minimum absolute atomic E-state index is 0.356. The maximum Gasteiger partial charge on any atom is 0.404 e. The summed E-state index contributed by atoms with van der Waals surface area (Å²) in [7, 11) is 0. The maximum absolute atomic E-state index is 9.60. The van der Waals surface area contributed by atoms with Gasteiger partial charge in [0, 0.05) is 0 Å². The van der Waals surface area contributed by atoms with Crippen LogP contribution in [0.2, 0.25) is 0 Å². The molecule has 0 aliphatic heterocycles. The molecule has 2 aromatic rings. The Morgan fingerprint density at radius 3 is 1.92 bits per heavy atom. The van der Waals surface area contributed by atoms with E-state index in [1.54, 1.807) is 6.92 Å². The van der Waals surface area contributed by atoms with Crippen molar-refractivity contribution in [3.8, 4) is 22.3 Å². The van der Waals surface area contributed by atoms with Crippen molar-refractivity contribution in [2.24, 2.45) is 5.73 Å². The second kappa shape index (κ2) is 12.0. The first-order chi connectivity index (χ1) is 12.0. The molecule has 0 radical (unpaired) electrons. The first-order valence-electron chi connectivity index (χ1n) is 7.17. The number of amides is 1. The van der Waals surface area contributed by atoms with Gasteiger partial charge in [0.2, 0.25) is 12.2 Å². The number of primary amides is 1. The van der Waals surface area contributed by atoms with Crippen LogP contribution in [0.25, 0.3) is 22.3 Å². The number of carbonyl (C=O) groups is 1. The van der Waals surface area contributed by atoms with Crippen LogP contribution >= 0.6 is 0 Å². The molecule has 0 aromatic heterocycles. The van der Waals surface area contributed by atoms with Gasteiger partial charge in [-0.05, 0) is 41.7 Å². The zero-order valence-corrected chi connectivity index (χ0v) is 14.0. The monoisotopic (exact) mass is 341 g/mol. The van der Waals surface area contributed by atoms with E-state index in [4.69, 9.17) is 20.4 Å². The molecule has 4 N–H and O–H groups in total. The van der Waals surface area contributed by atoms with Crippen LogP contribution in [-0.2, 0) is 14.3 Å². The van der Waals surface area contributed by atoms with Crippen molar-refractivity contribution in [1.82, 2.24) is 0 Å². The number of hydrogen-bond acceptors (Lipinski definition) is 6. The van der Waals surface area contributed by atoms with Gasteiger partial charge < -0.3 is 10.5 Å². The predicted molar refractivity (Wildman–Crippen MR) is 93.6 cm³/mol. The largest absolute Gasteiger partial charge is 0.450 e. The van der Waals surface area contributed by atoms with Crippen molar-refractivity contribution in [1.29, 1.82) is 10.8 Å². The summed E-state index contributed by atoms with van der Waals surface area (Å²) in [5.74, 6) is 0. The molecule has 1 aliphatic carbocycles. The molecule has 0 bridgehead atoms. The van der Waals surface area contributed by atoms with Crippen molar-refractivity contribution in [2.75, 3.05) is 6.61 Å². The fraction of sp³-hybridized carbons (Fsp3) is 0.167. The van der Waals surface area contributed by atoms with Gasteiger partial charge in [-0.25, -0.2) is 25.2 Å². The highest BCUT2D eigenvalue weighted by Crippen LogP contribution is 2.48. The molecule has 1 aliphatic rings. The number of nitrogens with one attached hydrogen (secondary N) is 2. The molecule has 0 saturated heterocycles. The molecule has 2 aromatic carbocycles. The molecule has 25 heavy (non-hydrogen) atoms. The fourth-order valence-electron chi connectivity index (χ4n) is 2.27. The summed E-state index contributed by atoms with van der Waals surface area (Å²) in [4.78, 5) is 26.3. The predicted octanol–water partition coefficient (Wildman–Crippen LogP) is 3.55. The first-order valence-corrected chi connectivity index (χ1v) is 7.17. The number of aryl methyl sites for hydroxylation is 1. The molecule has 7 nitrogen and oxygen atoms in total. The van der Waals surface area contributed by atoms with Crippen LogP contribution < -0.4 is 5.73 Å². The van der Waals surface area contributed by atoms with Crippen LogP contribution in [0, 0.1) is 17.7 Å². The Kier molecular flexibility index (Phi) is 10.3. The molecule has 0 fully saturated rings. The molecule has 3 rings (SSSR count). The van der Waals surface area contributed by atoms with Gasteiger partial charge in [0.05, 0.1) is 6.61 Å². The fourth-order valence-corrected chi connectivity index (χ4v) is 2.27. The van der Waals surface area contributed by atoms with Gasteiger partial charge in [-0.15, -0.1) is 0 Å². The summed E-state index contributed by atoms with van der Waals surface area (Å²) in [6.45, 7) is 4.23. The zero-order chi connectivity index (χ0) is 19.2. The number of isocyanates is 2. The second-order valence-electron chi connectivity index (χ2n) is 4.50. The Balaban J connectivity index is 0.000000407. The zero-order valence-electron chi connectivity index (χ0n) is 14.0. The Labute approximate surface area is 145 Å². The molecule has 0 spiro atoms. The minimum atomic E-state index is -0.711. The number of ether oxygens (including phenoxy) is 1. The van der Waals surface area contributed by atoms with Gasteiger partial charge in [-0.2, -0.15) is 0 Å². The Hall–Kier alpha value is -3.53. The van der Waals surface area contributed by atoms with E-state index < -0.39 is 6.09 Å². The summed E-state index contributed by atoms with van der Waals surface area (Å²) in [5, 5.41) is 10.8. The molecule has 0 atom stereocenters. The number of rotatable bonds is 1. The molecular formula is C18H19N3O4. The summed E-state index contributed by atoms with van der Waals surface area (Å²) in [6, 6.07) is 15.1.